The van der Waals surface area contributed by atoms with E-state index in [-0.39, 0.29) is 11.6 Å². The summed E-state index contributed by atoms with van der Waals surface area (Å²) < 4.78 is 23.1. The SMILES string of the molecule is CC(C)OCCSCCCCCCCCCCC(=O)C(C)(C)OCCCOC(C)(C)C(=O)CCCCCCCCCCSCCOC(C)C. The summed E-state index contributed by atoms with van der Waals surface area (Å²) in [6.45, 7) is 18.5. The molecule has 0 saturated heterocycles. The number of unbranched alkanes of at least 4 members (excludes halogenated alkanes) is 14. The third-order valence-corrected chi connectivity index (χ3v) is 10.9. The Hall–Kier alpha value is -0.120. The first-order valence-electron chi connectivity index (χ1n) is 20.1. The Morgan fingerprint density at radius 3 is 1.06 bits per heavy atom. The van der Waals surface area contributed by atoms with Crippen LogP contribution >= 0.6 is 23.5 Å². The van der Waals surface area contributed by atoms with Crippen LogP contribution in [0.15, 0.2) is 0 Å². The highest BCUT2D eigenvalue weighted by molar-refractivity contribution is 7.99. The lowest BCUT2D eigenvalue weighted by atomic mass is 9.97. The molecule has 6 nitrogen and oxygen atoms in total. The van der Waals surface area contributed by atoms with E-state index in [1.54, 1.807) is 0 Å². The molecule has 8 heteroatoms. The zero-order valence-corrected chi connectivity index (χ0v) is 35.1. The minimum Gasteiger partial charge on any atom is -0.378 e. The highest BCUT2D eigenvalue weighted by atomic mass is 32.2. The number of carbonyl (C=O) groups is 2. The molecular weight excluding hydrogens is 653 g/mol. The topological polar surface area (TPSA) is 71.1 Å². The summed E-state index contributed by atoms with van der Waals surface area (Å²) in [6, 6.07) is 0. The van der Waals surface area contributed by atoms with Crippen LogP contribution in [0.3, 0.4) is 0 Å². The Kier molecular flexibility index (Phi) is 32.4. The van der Waals surface area contributed by atoms with E-state index in [9.17, 15) is 9.59 Å². The number of thioether (sulfide) groups is 2. The van der Waals surface area contributed by atoms with Crippen molar-refractivity contribution in [3.63, 3.8) is 0 Å². The van der Waals surface area contributed by atoms with Crippen LogP contribution in [0.5, 0.6) is 0 Å². The third kappa shape index (κ3) is 32.3. The minimum atomic E-state index is -0.772. The fraction of sp³-hybridized carbons (Fsp3) is 0.951. The quantitative estimate of drug-likeness (QED) is 0.0581. The second-order valence-corrected chi connectivity index (χ2v) is 17.6. The van der Waals surface area contributed by atoms with E-state index in [4.69, 9.17) is 18.9 Å². The molecule has 0 radical (unpaired) electrons. The smallest absolute Gasteiger partial charge is 0.164 e. The maximum Gasteiger partial charge on any atom is 0.164 e. The maximum absolute atomic E-state index is 12.8. The summed E-state index contributed by atoms with van der Waals surface area (Å²) in [5, 5.41) is 0. The monoisotopic (exact) mass is 733 g/mol. The Bertz CT molecular complexity index is 709. The van der Waals surface area contributed by atoms with Gasteiger partial charge in [-0.15, -0.1) is 0 Å². The van der Waals surface area contributed by atoms with Crippen LogP contribution in [-0.2, 0) is 28.5 Å². The first-order chi connectivity index (χ1) is 23.4. The summed E-state index contributed by atoms with van der Waals surface area (Å²) in [6.07, 6.45) is 22.0. The van der Waals surface area contributed by atoms with E-state index in [0.717, 1.165) is 50.4 Å². The van der Waals surface area contributed by atoms with Crippen LogP contribution in [0.25, 0.3) is 0 Å². The molecule has 0 aliphatic carbocycles. The van der Waals surface area contributed by atoms with E-state index < -0.39 is 11.2 Å². The number of hydrogen-bond donors (Lipinski definition) is 0. The molecular formula is C41H80O6S2. The summed E-state index contributed by atoms with van der Waals surface area (Å²) >= 11 is 4.01. The second-order valence-electron chi connectivity index (χ2n) is 15.1. The molecule has 0 N–H and O–H groups in total. The summed E-state index contributed by atoms with van der Waals surface area (Å²) in [4.78, 5) is 25.6. The average molecular weight is 733 g/mol. The van der Waals surface area contributed by atoms with Gasteiger partial charge >= 0.3 is 0 Å². The Labute approximate surface area is 312 Å². The van der Waals surface area contributed by atoms with Crippen LogP contribution in [-0.4, -0.2) is 84.4 Å². The van der Waals surface area contributed by atoms with Gasteiger partial charge in [-0.25, -0.2) is 0 Å². The fourth-order valence-electron chi connectivity index (χ4n) is 5.47. The van der Waals surface area contributed by atoms with Crippen molar-refractivity contribution in [1.82, 2.24) is 0 Å². The van der Waals surface area contributed by atoms with E-state index in [1.165, 1.54) is 88.6 Å². The normalized spacial score (nSPS) is 12.4. The van der Waals surface area contributed by atoms with Crippen LogP contribution in [0.1, 0.15) is 177 Å². The predicted molar refractivity (Wildman–Crippen MR) is 215 cm³/mol. The molecule has 0 atom stereocenters. The van der Waals surface area contributed by atoms with E-state index >= 15 is 0 Å². The van der Waals surface area contributed by atoms with Crippen LogP contribution in [0, 0.1) is 0 Å². The molecule has 0 unspecified atom stereocenters. The van der Waals surface area contributed by atoms with Gasteiger partial charge in [0.15, 0.2) is 11.6 Å². The molecule has 0 heterocycles. The maximum atomic E-state index is 12.8. The van der Waals surface area contributed by atoms with Gasteiger partial charge in [0.25, 0.3) is 0 Å². The molecule has 0 rings (SSSR count). The Morgan fingerprint density at radius 2 is 0.735 bits per heavy atom. The van der Waals surface area contributed by atoms with Gasteiger partial charge in [0.2, 0.25) is 0 Å². The lowest BCUT2D eigenvalue weighted by Crippen LogP contribution is -2.37. The zero-order valence-electron chi connectivity index (χ0n) is 33.5. The molecule has 0 amide bonds. The number of rotatable bonds is 38. The van der Waals surface area contributed by atoms with Gasteiger partial charge in [-0.05, 0) is 99.0 Å². The zero-order chi connectivity index (χ0) is 36.6. The standard InChI is InChI=1S/C41H80O6S2/c1-36(2)44-30-34-48-32-23-19-15-11-9-13-17-21-26-38(42)40(5,6)46-28-25-29-47-41(7,8)39(43)27-22-18-14-10-12-16-20-24-33-49-35-31-45-37(3)4/h36-37H,9-35H2,1-8H3. The Morgan fingerprint density at radius 1 is 0.429 bits per heavy atom. The average Bonchev–Trinajstić information content (AvgIpc) is 3.04. The first-order valence-corrected chi connectivity index (χ1v) is 22.4. The van der Waals surface area contributed by atoms with Crippen molar-refractivity contribution in [2.24, 2.45) is 0 Å². The molecule has 0 aliphatic rings. The predicted octanol–water partition coefficient (Wildman–Crippen LogP) is 11.4. The molecule has 0 aliphatic heterocycles. The van der Waals surface area contributed by atoms with Crippen molar-refractivity contribution in [1.29, 1.82) is 0 Å². The lowest BCUT2D eigenvalue weighted by Gasteiger charge is -2.26. The van der Waals surface area contributed by atoms with Crippen molar-refractivity contribution in [3.05, 3.63) is 0 Å². The second kappa shape index (κ2) is 32.5. The van der Waals surface area contributed by atoms with Crippen molar-refractivity contribution in [2.75, 3.05) is 49.4 Å². The molecule has 0 spiro atoms. The number of ether oxygens (including phenoxy) is 4. The molecule has 0 fully saturated rings. The molecule has 0 aromatic heterocycles. The van der Waals surface area contributed by atoms with E-state index in [0.29, 0.717) is 44.7 Å². The van der Waals surface area contributed by atoms with Crippen LogP contribution in [0.4, 0.5) is 0 Å². The number of carbonyl (C=O) groups excluding carboxylic acids is 2. The Balaban J connectivity index is 3.71. The van der Waals surface area contributed by atoms with Gasteiger partial charge in [0.05, 0.1) is 38.6 Å². The van der Waals surface area contributed by atoms with Crippen LogP contribution < -0.4 is 0 Å². The molecule has 0 bridgehead atoms. The van der Waals surface area contributed by atoms with Gasteiger partial charge in [0.1, 0.15) is 11.2 Å². The third-order valence-electron chi connectivity index (χ3n) is 8.80. The van der Waals surface area contributed by atoms with Crippen molar-refractivity contribution in [3.8, 4) is 0 Å². The molecule has 292 valence electrons. The highest BCUT2D eigenvalue weighted by Crippen LogP contribution is 2.20. The van der Waals surface area contributed by atoms with Gasteiger partial charge < -0.3 is 18.9 Å². The molecule has 49 heavy (non-hydrogen) atoms. The van der Waals surface area contributed by atoms with Gasteiger partial charge in [-0.1, -0.05) is 77.0 Å². The molecule has 0 saturated carbocycles. The largest absolute Gasteiger partial charge is 0.378 e. The molecule has 0 aromatic rings. The van der Waals surface area contributed by atoms with Crippen LogP contribution in [0.2, 0.25) is 0 Å². The van der Waals surface area contributed by atoms with Crippen molar-refractivity contribution < 1.29 is 28.5 Å². The van der Waals surface area contributed by atoms with Crippen molar-refractivity contribution in [2.45, 2.75) is 201 Å². The number of Topliss-reactive ketones (excluding diaryl/α,β-unsaturated/α-hetero) is 2. The van der Waals surface area contributed by atoms with Gasteiger partial charge in [0, 0.05) is 24.3 Å². The number of hydrogen-bond acceptors (Lipinski definition) is 8. The van der Waals surface area contributed by atoms with E-state index in [1.807, 2.05) is 51.2 Å². The van der Waals surface area contributed by atoms with Gasteiger partial charge in [-0.3, -0.25) is 9.59 Å². The lowest BCUT2D eigenvalue weighted by molar-refractivity contribution is -0.144. The summed E-state index contributed by atoms with van der Waals surface area (Å²) in [7, 11) is 0. The fourth-order valence-corrected chi connectivity index (χ4v) is 7.12. The highest BCUT2D eigenvalue weighted by Gasteiger charge is 2.29. The summed E-state index contributed by atoms with van der Waals surface area (Å²) in [5.74, 6) is 5.04. The van der Waals surface area contributed by atoms with E-state index in [2.05, 4.69) is 27.7 Å². The summed E-state index contributed by atoms with van der Waals surface area (Å²) in [5.41, 5.74) is -1.54. The van der Waals surface area contributed by atoms with Gasteiger partial charge in [-0.2, -0.15) is 23.5 Å². The van der Waals surface area contributed by atoms with Crippen molar-refractivity contribution >= 4 is 35.1 Å². The first kappa shape index (κ1) is 48.9. The number of ketones is 2. The molecule has 0 aromatic carbocycles. The minimum absolute atomic E-state index is 0.179.